The molecule has 0 spiro atoms. The van der Waals surface area contributed by atoms with Crippen molar-refractivity contribution in [1.29, 1.82) is 0 Å². The van der Waals surface area contributed by atoms with Crippen molar-refractivity contribution in [3.63, 3.8) is 0 Å². The van der Waals surface area contributed by atoms with Gasteiger partial charge in [0.1, 0.15) is 0 Å². The van der Waals surface area contributed by atoms with Crippen molar-refractivity contribution in [3.8, 4) is 0 Å². The van der Waals surface area contributed by atoms with Gasteiger partial charge in [-0.1, -0.05) is 0 Å². The Morgan fingerprint density at radius 3 is 2.65 bits per heavy atom. The average Bonchev–Trinajstić information content (AvgIpc) is 2.53. The summed E-state index contributed by atoms with van der Waals surface area (Å²) in [5.74, 6) is -1.87. The summed E-state index contributed by atoms with van der Waals surface area (Å²) in [4.78, 5) is 36.4. The van der Waals surface area contributed by atoms with Crippen LogP contribution in [0.15, 0.2) is 23.1 Å². The van der Waals surface area contributed by atoms with Crippen LogP contribution in [0.5, 0.6) is 0 Å². The van der Waals surface area contributed by atoms with Gasteiger partial charge in [-0.2, -0.15) is 0 Å². The first kappa shape index (κ1) is 17.3. The standard InChI is InChI=1S/C15H18N2O5S/c1-9-3-4-11(15(19)20)8-16(9)14(18)10-5-6-13(23-2)12(7-10)17(21)22/h5-7,9,11H,3-4,8H2,1-2H3,(H,19,20). The van der Waals surface area contributed by atoms with Crippen LogP contribution in [-0.2, 0) is 4.79 Å². The van der Waals surface area contributed by atoms with E-state index in [9.17, 15) is 19.7 Å². The van der Waals surface area contributed by atoms with E-state index in [4.69, 9.17) is 5.11 Å². The van der Waals surface area contributed by atoms with Crippen molar-refractivity contribution >= 4 is 29.3 Å². The first-order valence-corrected chi connectivity index (χ1v) is 8.43. The summed E-state index contributed by atoms with van der Waals surface area (Å²) in [6.45, 7) is 1.99. The van der Waals surface area contributed by atoms with Gasteiger partial charge < -0.3 is 10.0 Å². The number of carbonyl (C=O) groups excluding carboxylic acids is 1. The normalized spacial score (nSPS) is 21.0. The number of nitro benzene ring substituents is 1. The van der Waals surface area contributed by atoms with E-state index in [2.05, 4.69) is 0 Å². The van der Waals surface area contributed by atoms with Gasteiger partial charge in [0, 0.05) is 24.2 Å². The Balaban J connectivity index is 2.30. The molecule has 2 unspecified atom stereocenters. The lowest BCUT2D eigenvalue weighted by Crippen LogP contribution is -2.47. The second-order valence-corrected chi connectivity index (χ2v) is 6.41. The molecule has 1 N–H and O–H groups in total. The van der Waals surface area contributed by atoms with Gasteiger partial charge in [0.25, 0.3) is 11.6 Å². The molecular weight excluding hydrogens is 320 g/mol. The minimum Gasteiger partial charge on any atom is -0.481 e. The lowest BCUT2D eigenvalue weighted by molar-refractivity contribution is -0.387. The average molecular weight is 338 g/mol. The van der Waals surface area contributed by atoms with E-state index in [0.29, 0.717) is 17.7 Å². The second-order valence-electron chi connectivity index (χ2n) is 5.56. The largest absolute Gasteiger partial charge is 0.481 e. The van der Waals surface area contributed by atoms with Crippen molar-refractivity contribution in [1.82, 2.24) is 4.90 Å². The third-order valence-electron chi connectivity index (χ3n) is 4.11. The highest BCUT2D eigenvalue weighted by Crippen LogP contribution is 2.30. The molecule has 0 aliphatic carbocycles. The fourth-order valence-corrected chi connectivity index (χ4v) is 3.27. The van der Waals surface area contributed by atoms with E-state index in [0.717, 1.165) is 0 Å². The topological polar surface area (TPSA) is 101 Å². The smallest absolute Gasteiger partial charge is 0.308 e. The summed E-state index contributed by atoms with van der Waals surface area (Å²) < 4.78 is 0. The SMILES string of the molecule is CSc1ccc(C(=O)N2CC(C(=O)O)CCC2C)cc1[N+](=O)[O-]. The molecule has 1 amide bonds. The lowest BCUT2D eigenvalue weighted by atomic mass is 9.93. The minimum absolute atomic E-state index is 0.0858. The Labute approximate surface area is 137 Å². The zero-order valence-corrected chi connectivity index (χ0v) is 13.7. The molecule has 1 saturated heterocycles. The number of piperidine rings is 1. The molecule has 1 aromatic rings. The number of thioether (sulfide) groups is 1. The van der Waals surface area contributed by atoms with Crippen LogP contribution in [0, 0.1) is 16.0 Å². The summed E-state index contributed by atoms with van der Waals surface area (Å²) in [6.07, 6.45) is 2.87. The van der Waals surface area contributed by atoms with E-state index >= 15 is 0 Å². The summed E-state index contributed by atoms with van der Waals surface area (Å²) in [5, 5.41) is 20.3. The predicted octanol–water partition coefficient (Wildman–Crippen LogP) is 2.64. The highest BCUT2D eigenvalue weighted by Gasteiger charge is 2.33. The number of hydrogen-bond acceptors (Lipinski definition) is 5. The van der Waals surface area contributed by atoms with Gasteiger partial charge in [-0.05, 0) is 38.2 Å². The first-order chi connectivity index (χ1) is 10.8. The van der Waals surface area contributed by atoms with Crippen molar-refractivity contribution in [2.75, 3.05) is 12.8 Å². The number of carboxylic acid groups (broad SMARTS) is 1. The van der Waals surface area contributed by atoms with Gasteiger partial charge in [-0.15, -0.1) is 11.8 Å². The van der Waals surface area contributed by atoms with E-state index < -0.39 is 16.8 Å². The number of nitrogens with zero attached hydrogens (tertiary/aromatic N) is 2. The molecule has 0 bridgehead atoms. The number of benzene rings is 1. The molecule has 1 heterocycles. The Morgan fingerprint density at radius 1 is 1.39 bits per heavy atom. The van der Waals surface area contributed by atoms with Crippen LogP contribution in [0.1, 0.15) is 30.1 Å². The number of amides is 1. The van der Waals surface area contributed by atoms with Crippen molar-refractivity contribution in [2.45, 2.75) is 30.7 Å². The quantitative estimate of drug-likeness (QED) is 0.514. The van der Waals surface area contributed by atoms with Gasteiger partial charge in [0.05, 0.1) is 15.7 Å². The van der Waals surface area contributed by atoms with Gasteiger partial charge in [-0.25, -0.2) is 0 Å². The molecular formula is C15H18N2O5S. The maximum atomic E-state index is 12.7. The maximum Gasteiger partial charge on any atom is 0.308 e. The third kappa shape index (κ3) is 3.64. The maximum absolute atomic E-state index is 12.7. The molecule has 2 rings (SSSR count). The molecule has 1 aliphatic rings. The second kappa shape index (κ2) is 6.99. The van der Waals surface area contributed by atoms with E-state index in [1.54, 1.807) is 18.4 Å². The van der Waals surface area contributed by atoms with Crippen LogP contribution in [0.4, 0.5) is 5.69 Å². The summed E-state index contributed by atoms with van der Waals surface area (Å²) in [7, 11) is 0. The van der Waals surface area contributed by atoms with Gasteiger partial charge in [0.2, 0.25) is 0 Å². The molecule has 124 valence electrons. The number of likely N-dealkylation sites (tertiary alicyclic amines) is 1. The van der Waals surface area contributed by atoms with Gasteiger partial charge >= 0.3 is 5.97 Å². The molecule has 2 atom stereocenters. The van der Waals surface area contributed by atoms with Crippen LogP contribution in [0.2, 0.25) is 0 Å². The van der Waals surface area contributed by atoms with Crippen LogP contribution in [0.3, 0.4) is 0 Å². The molecule has 1 fully saturated rings. The van der Waals surface area contributed by atoms with Crippen molar-refractivity contribution < 1.29 is 19.6 Å². The zero-order chi connectivity index (χ0) is 17.1. The third-order valence-corrected chi connectivity index (χ3v) is 4.90. The molecule has 0 saturated carbocycles. The Hall–Kier alpha value is -2.09. The van der Waals surface area contributed by atoms with Gasteiger partial charge in [-0.3, -0.25) is 19.7 Å². The Morgan fingerprint density at radius 2 is 2.09 bits per heavy atom. The minimum atomic E-state index is -0.918. The number of carbonyl (C=O) groups is 2. The van der Waals surface area contributed by atoms with Crippen LogP contribution < -0.4 is 0 Å². The lowest BCUT2D eigenvalue weighted by Gasteiger charge is -2.36. The summed E-state index contributed by atoms with van der Waals surface area (Å²) in [5.41, 5.74) is 0.107. The fraction of sp³-hybridized carbons (Fsp3) is 0.467. The number of carboxylic acids is 1. The van der Waals surface area contributed by atoms with Crippen molar-refractivity contribution in [2.24, 2.45) is 5.92 Å². The van der Waals surface area contributed by atoms with E-state index in [-0.39, 0.29) is 29.7 Å². The number of hydrogen-bond donors (Lipinski definition) is 1. The molecule has 0 radical (unpaired) electrons. The molecule has 1 aromatic carbocycles. The monoisotopic (exact) mass is 338 g/mol. The number of aliphatic carboxylic acids is 1. The van der Waals surface area contributed by atoms with Gasteiger partial charge in [0.15, 0.2) is 0 Å². The molecule has 0 aromatic heterocycles. The Bertz CT molecular complexity index is 649. The van der Waals surface area contributed by atoms with Crippen LogP contribution >= 0.6 is 11.8 Å². The zero-order valence-electron chi connectivity index (χ0n) is 12.9. The highest BCUT2D eigenvalue weighted by molar-refractivity contribution is 7.98. The van der Waals surface area contributed by atoms with Crippen LogP contribution in [0.25, 0.3) is 0 Å². The van der Waals surface area contributed by atoms with Crippen LogP contribution in [-0.4, -0.2) is 45.6 Å². The molecule has 7 nitrogen and oxygen atoms in total. The summed E-state index contributed by atoms with van der Waals surface area (Å²) in [6, 6.07) is 4.29. The number of nitro groups is 1. The fourth-order valence-electron chi connectivity index (χ4n) is 2.72. The first-order valence-electron chi connectivity index (χ1n) is 7.21. The van der Waals surface area contributed by atoms with E-state index in [1.807, 2.05) is 6.92 Å². The molecule has 1 aliphatic heterocycles. The van der Waals surface area contributed by atoms with Crippen molar-refractivity contribution in [3.05, 3.63) is 33.9 Å². The summed E-state index contributed by atoms with van der Waals surface area (Å²) >= 11 is 1.24. The molecule has 23 heavy (non-hydrogen) atoms. The Kier molecular flexibility index (Phi) is 5.25. The highest BCUT2D eigenvalue weighted by atomic mass is 32.2. The van der Waals surface area contributed by atoms with E-state index in [1.165, 1.54) is 22.7 Å². The number of rotatable bonds is 4. The molecule has 8 heteroatoms. The predicted molar refractivity (Wildman–Crippen MR) is 85.7 cm³/mol.